The topological polar surface area (TPSA) is 12.0 Å². The van der Waals surface area contributed by atoms with E-state index in [-0.39, 0.29) is 11.4 Å². The molecule has 0 aliphatic rings. The second kappa shape index (κ2) is 7.10. The van der Waals surface area contributed by atoms with Crippen LogP contribution in [0.4, 0.5) is 17.6 Å². The van der Waals surface area contributed by atoms with Crippen LogP contribution in [0.25, 0.3) is 0 Å². The second-order valence-electron chi connectivity index (χ2n) is 4.30. The van der Waals surface area contributed by atoms with Crippen molar-refractivity contribution < 1.29 is 17.6 Å². The second-order valence-corrected chi connectivity index (χ2v) is 4.68. The molecule has 19 heavy (non-hydrogen) atoms. The maximum Gasteiger partial charge on any atom is 0.389 e. The van der Waals surface area contributed by atoms with Crippen molar-refractivity contribution in [1.29, 1.82) is 0 Å². The Hall–Kier alpha value is -0.810. The molecule has 0 bridgehead atoms. The molecule has 1 N–H and O–H groups in total. The molecule has 1 nitrogen and oxygen atoms in total. The Morgan fingerprint density at radius 3 is 2.58 bits per heavy atom. The average Bonchev–Trinajstić information content (AvgIpc) is 2.32. The Morgan fingerprint density at radius 1 is 1.32 bits per heavy atom. The zero-order chi connectivity index (χ0) is 14.5. The normalized spacial score (nSPS) is 13.6. The molecule has 0 saturated heterocycles. The first-order valence-electron chi connectivity index (χ1n) is 6.09. The molecule has 0 aliphatic carbocycles. The van der Waals surface area contributed by atoms with Gasteiger partial charge >= 0.3 is 6.18 Å². The molecule has 0 saturated carbocycles. The predicted octanol–water partition coefficient (Wildman–Crippen LogP) is 4.86. The van der Waals surface area contributed by atoms with Crippen LogP contribution in [-0.2, 0) is 0 Å². The number of hydrogen-bond acceptors (Lipinski definition) is 1. The maximum absolute atomic E-state index is 13.4. The molecule has 0 amide bonds. The number of halogens is 5. The first kappa shape index (κ1) is 16.2. The van der Waals surface area contributed by atoms with Gasteiger partial charge in [0.1, 0.15) is 5.82 Å². The summed E-state index contributed by atoms with van der Waals surface area (Å²) in [5.41, 5.74) is 0.374. The minimum atomic E-state index is -4.23. The van der Waals surface area contributed by atoms with Crippen molar-refractivity contribution in [3.8, 4) is 0 Å². The van der Waals surface area contributed by atoms with E-state index in [2.05, 4.69) is 5.32 Å². The van der Waals surface area contributed by atoms with Gasteiger partial charge in [-0.05, 0) is 31.0 Å². The van der Waals surface area contributed by atoms with Gasteiger partial charge in [-0.1, -0.05) is 30.7 Å². The van der Waals surface area contributed by atoms with Crippen molar-refractivity contribution in [1.82, 2.24) is 5.32 Å². The molecule has 0 radical (unpaired) electrons. The largest absolute Gasteiger partial charge is 0.389 e. The molecular weight excluding hydrogens is 282 g/mol. The maximum atomic E-state index is 13.4. The van der Waals surface area contributed by atoms with Gasteiger partial charge in [0.05, 0.1) is 5.02 Å². The van der Waals surface area contributed by atoms with Gasteiger partial charge in [0.25, 0.3) is 0 Å². The monoisotopic (exact) mass is 297 g/mol. The Balaban J connectivity index is 2.86. The highest BCUT2D eigenvalue weighted by atomic mass is 35.5. The summed E-state index contributed by atoms with van der Waals surface area (Å²) in [6.45, 7) is 2.45. The lowest BCUT2D eigenvalue weighted by molar-refractivity contribution is -0.136. The van der Waals surface area contributed by atoms with Crippen LogP contribution in [0.15, 0.2) is 18.2 Å². The van der Waals surface area contributed by atoms with Crippen LogP contribution in [-0.4, -0.2) is 12.7 Å². The third-order valence-electron chi connectivity index (χ3n) is 2.71. The summed E-state index contributed by atoms with van der Waals surface area (Å²) in [7, 11) is 0. The van der Waals surface area contributed by atoms with Crippen LogP contribution in [0.5, 0.6) is 0 Å². The summed E-state index contributed by atoms with van der Waals surface area (Å²) in [5, 5.41) is 2.86. The first-order chi connectivity index (χ1) is 8.85. The van der Waals surface area contributed by atoms with Gasteiger partial charge in [0.15, 0.2) is 0 Å². The lowest BCUT2D eigenvalue weighted by atomic mass is 10.0. The Bertz CT molecular complexity index is 406. The van der Waals surface area contributed by atoms with Gasteiger partial charge in [-0.25, -0.2) is 4.39 Å². The summed E-state index contributed by atoms with van der Waals surface area (Å²) in [6, 6.07) is 3.59. The van der Waals surface area contributed by atoms with Gasteiger partial charge in [-0.15, -0.1) is 0 Å². The van der Waals surface area contributed by atoms with Gasteiger partial charge in [0.2, 0.25) is 0 Å². The van der Waals surface area contributed by atoms with Crippen molar-refractivity contribution in [2.45, 2.75) is 38.4 Å². The number of alkyl halides is 3. The van der Waals surface area contributed by atoms with Gasteiger partial charge in [-0.2, -0.15) is 13.2 Å². The molecule has 1 atom stereocenters. The van der Waals surface area contributed by atoms with Crippen LogP contribution in [0.1, 0.15) is 37.8 Å². The molecular formula is C13H16ClF4N. The molecule has 1 aromatic carbocycles. The summed E-state index contributed by atoms with van der Waals surface area (Å²) in [4.78, 5) is 0. The van der Waals surface area contributed by atoms with Crippen molar-refractivity contribution >= 4 is 11.6 Å². The molecule has 6 heteroatoms. The summed E-state index contributed by atoms with van der Waals surface area (Å²) < 4.78 is 50.3. The first-order valence-corrected chi connectivity index (χ1v) is 6.47. The number of rotatable bonds is 6. The quantitative estimate of drug-likeness (QED) is 0.739. The lowest BCUT2D eigenvalue weighted by Crippen LogP contribution is -2.24. The molecule has 0 aliphatic heterocycles. The Labute approximate surface area is 115 Å². The number of hydrogen-bond donors (Lipinski definition) is 1. The average molecular weight is 298 g/mol. The zero-order valence-corrected chi connectivity index (χ0v) is 11.3. The lowest BCUT2D eigenvalue weighted by Gasteiger charge is -2.21. The summed E-state index contributed by atoms with van der Waals surface area (Å²) >= 11 is 5.82. The van der Waals surface area contributed by atoms with Crippen LogP contribution in [0, 0.1) is 5.82 Å². The van der Waals surface area contributed by atoms with Crippen molar-refractivity contribution in [2.75, 3.05) is 6.54 Å². The predicted molar refractivity (Wildman–Crippen MR) is 67.7 cm³/mol. The standard InChI is InChI=1S/C13H16ClF4N/c1-2-8-19-11(6-7-13(16,17)18)9-4-3-5-10(15)12(9)14/h3-5,11,19H,2,6-8H2,1H3. The molecule has 0 spiro atoms. The molecule has 0 fully saturated rings. The summed E-state index contributed by atoms with van der Waals surface area (Å²) in [5.74, 6) is -0.616. The molecule has 1 rings (SSSR count). The van der Waals surface area contributed by atoms with Crippen molar-refractivity contribution in [3.63, 3.8) is 0 Å². The van der Waals surface area contributed by atoms with E-state index in [1.807, 2.05) is 6.92 Å². The molecule has 1 aromatic rings. The minimum absolute atomic E-state index is 0.113. The minimum Gasteiger partial charge on any atom is -0.310 e. The fraction of sp³-hybridized carbons (Fsp3) is 0.538. The highest BCUT2D eigenvalue weighted by Gasteiger charge is 2.29. The summed E-state index contributed by atoms with van der Waals surface area (Å²) in [6.07, 6.45) is -4.55. The van der Waals surface area contributed by atoms with Crippen LogP contribution in [0.3, 0.4) is 0 Å². The fourth-order valence-corrected chi connectivity index (χ4v) is 2.04. The third-order valence-corrected chi connectivity index (χ3v) is 3.11. The van der Waals surface area contributed by atoms with Crippen LogP contribution in [0.2, 0.25) is 5.02 Å². The van der Waals surface area contributed by atoms with E-state index >= 15 is 0 Å². The molecule has 108 valence electrons. The van der Waals surface area contributed by atoms with Crippen molar-refractivity contribution in [3.05, 3.63) is 34.6 Å². The van der Waals surface area contributed by atoms with Gasteiger partial charge in [-0.3, -0.25) is 0 Å². The Morgan fingerprint density at radius 2 is 2.00 bits per heavy atom. The van der Waals surface area contributed by atoms with E-state index in [1.165, 1.54) is 12.1 Å². The SMILES string of the molecule is CCCNC(CCC(F)(F)F)c1cccc(F)c1Cl. The number of benzene rings is 1. The fourth-order valence-electron chi connectivity index (χ4n) is 1.78. The van der Waals surface area contributed by atoms with Crippen LogP contribution >= 0.6 is 11.6 Å². The van der Waals surface area contributed by atoms with E-state index < -0.39 is 24.5 Å². The van der Waals surface area contributed by atoms with E-state index in [0.29, 0.717) is 12.1 Å². The highest BCUT2D eigenvalue weighted by Crippen LogP contribution is 2.32. The zero-order valence-electron chi connectivity index (χ0n) is 10.5. The third kappa shape index (κ3) is 5.37. The Kier molecular flexibility index (Phi) is 6.07. The highest BCUT2D eigenvalue weighted by molar-refractivity contribution is 6.31. The van der Waals surface area contributed by atoms with E-state index in [1.54, 1.807) is 6.07 Å². The molecule has 1 unspecified atom stereocenters. The molecule has 0 heterocycles. The van der Waals surface area contributed by atoms with Gasteiger partial charge in [0, 0.05) is 12.5 Å². The number of nitrogens with one attached hydrogen (secondary N) is 1. The van der Waals surface area contributed by atoms with Gasteiger partial charge < -0.3 is 5.32 Å². The smallest absolute Gasteiger partial charge is 0.310 e. The van der Waals surface area contributed by atoms with Crippen molar-refractivity contribution in [2.24, 2.45) is 0 Å². The van der Waals surface area contributed by atoms with E-state index in [0.717, 1.165) is 6.42 Å². The van der Waals surface area contributed by atoms with Crippen LogP contribution < -0.4 is 5.32 Å². The van der Waals surface area contributed by atoms with E-state index in [9.17, 15) is 17.6 Å². The molecule has 0 aromatic heterocycles. The van der Waals surface area contributed by atoms with E-state index in [4.69, 9.17) is 11.6 Å².